The number of aromatic amines is 1. The van der Waals surface area contributed by atoms with E-state index in [0.29, 0.717) is 50.8 Å². The molecule has 1 N–H and O–H groups in total. The van der Waals surface area contributed by atoms with E-state index in [1.165, 1.54) is 6.20 Å². The fourth-order valence-electron chi connectivity index (χ4n) is 8.47. The van der Waals surface area contributed by atoms with Gasteiger partial charge in [-0.05, 0) is 98.5 Å². The van der Waals surface area contributed by atoms with Crippen molar-refractivity contribution in [3.05, 3.63) is 198 Å². The number of aromatic nitrogens is 6. The van der Waals surface area contributed by atoms with Gasteiger partial charge in [0.05, 0.1) is 0 Å². The highest BCUT2D eigenvalue weighted by Gasteiger charge is 2.50. The molecule has 4 aromatic carbocycles. The second-order valence-corrected chi connectivity index (χ2v) is 16.7. The van der Waals surface area contributed by atoms with Crippen LogP contribution >= 0.6 is 0 Å². The molecule has 13 nitrogen and oxygen atoms in total. The highest BCUT2D eigenvalue weighted by Crippen LogP contribution is 2.45. The van der Waals surface area contributed by atoms with Crippen molar-refractivity contribution in [3.63, 3.8) is 0 Å². The average molecular weight is 879 g/mol. The molecule has 2 atom stereocenters. The van der Waals surface area contributed by atoms with E-state index in [-0.39, 0.29) is 17.6 Å². The number of carbonyl (C=O) groups excluding carboxylic acids is 2. The molecule has 0 aliphatic carbocycles. The Kier molecular flexibility index (Phi) is 11.5. The maximum atomic E-state index is 14.6. The van der Waals surface area contributed by atoms with Crippen LogP contribution in [0.25, 0.3) is 45.0 Å². The number of amides is 2. The molecule has 66 heavy (non-hydrogen) atoms. The fourth-order valence-corrected chi connectivity index (χ4v) is 8.47. The highest BCUT2D eigenvalue weighted by molar-refractivity contribution is 5.93. The van der Waals surface area contributed by atoms with Gasteiger partial charge in [-0.1, -0.05) is 84.9 Å². The van der Waals surface area contributed by atoms with E-state index in [4.69, 9.17) is 9.47 Å². The number of pyridine rings is 2. The van der Waals surface area contributed by atoms with Gasteiger partial charge < -0.3 is 14.5 Å². The van der Waals surface area contributed by atoms with Gasteiger partial charge in [0.1, 0.15) is 23.3 Å². The van der Waals surface area contributed by atoms with E-state index in [1.807, 2.05) is 113 Å². The molecule has 0 radical (unpaired) electrons. The van der Waals surface area contributed by atoms with Crippen molar-refractivity contribution < 1.29 is 23.5 Å². The van der Waals surface area contributed by atoms with Gasteiger partial charge in [0.2, 0.25) is 5.95 Å². The molecule has 8 aromatic rings. The number of cyclic esters (lactones) is 2. The summed E-state index contributed by atoms with van der Waals surface area (Å²) >= 11 is 0. The van der Waals surface area contributed by atoms with E-state index in [0.717, 1.165) is 16.7 Å². The van der Waals surface area contributed by atoms with E-state index >= 15 is 0 Å². The minimum atomic E-state index is -0.711. The average Bonchev–Trinajstić information content (AvgIpc) is 3.74. The second kappa shape index (κ2) is 17.6. The van der Waals surface area contributed by atoms with Crippen molar-refractivity contribution >= 4 is 23.6 Å². The first-order chi connectivity index (χ1) is 31.9. The molecular weight excluding hydrogens is 836 g/mol. The van der Waals surface area contributed by atoms with Gasteiger partial charge in [-0.15, -0.1) is 0 Å². The van der Waals surface area contributed by atoms with Gasteiger partial charge in [-0.3, -0.25) is 14.6 Å². The van der Waals surface area contributed by atoms with Crippen LogP contribution in [0.2, 0.25) is 0 Å². The number of rotatable bonds is 8. The summed E-state index contributed by atoms with van der Waals surface area (Å²) in [6.07, 6.45) is 8.75. The van der Waals surface area contributed by atoms with Crippen LogP contribution in [0.4, 0.5) is 25.4 Å². The summed E-state index contributed by atoms with van der Waals surface area (Å²) in [5.41, 5.74) is 5.21. The molecule has 2 aliphatic heterocycles. The number of hydrogen-bond acceptors (Lipinski definition) is 10. The molecule has 4 aromatic heterocycles. The molecule has 2 saturated heterocycles. The Labute approximate surface area is 379 Å². The maximum Gasteiger partial charge on any atom is 0.415 e. The number of anilines is 2. The van der Waals surface area contributed by atoms with Crippen molar-refractivity contribution in [2.45, 2.75) is 51.0 Å². The zero-order valence-electron chi connectivity index (χ0n) is 36.4. The molecular formula is C52H43FN8O5. The van der Waals surface area contributed by atoms with E-state index < -0.39 is 29.3 Å². The smallest absolute Gasteiger partial charge is 0.415 e. The van der Waals surface area contributed by atoms with Crippen molar-refractivity contribution in [1.29, 1.82) is 0 Å². The molecule has 0 saturated carbocycles. The van der Waals surface area contributed by atoms with Gasteiger partial charge in [0.15, 0.2) is 11.6 Å². The Balaban J connectivity index is 0.000000166. The summed E-state index contributed by atoms with van der Waals surface area (Å²) in [4.78, 5) is 65.0. The number of ether oxygens (including phenoxy) is 2. The maximum absolute atomic E-state index is 14.6. The molecule has 2 aliphatic rings. The molecule has 0 unspecified atom stereocenters. The van der Waals surface area contributed by atoms with Crippen molar-refractivity contribution in [1.82, 2.24) is 29.9 Å². The third-order valence-corrected chi connectivity index (χ3v) is 11.5. The van der Waals surface area contributed by atoms with Crippen LogP contribution in [-0.2, 0) is 9.47 Å². The van der Waals surface area contributed by atoms with Crippen LogP contribution in [0.5, 0.6) is 0 Å². The van der Waals surface area contributed by atoms with Crippen LogP contribution in [0.1, 0.15) is 50.9 Å². The minimum Gasteiger partial charge on any atom is -0.441 e. The Morgan fingerprint density at radius 1 is 0.515 bits per heavy atom. The monoisotopic (exact) mass is 878 g/mol. The summed E-state index contributed by atoms with van der Waals surface area (Å²) in [7, 11) is 0. The van der Waals surface area contributed by atoms with E-state index in [9.17, 15) is 18.8 Å². The van der Waals surface area contributed by atoms with Crippen molar-refractivity contribution in [2.24, 2.45) is 0 Å². The SMILES string of the molecule is CC1(C)OC(=O)N(c2ccc(-c3cc(-c4ncccn4)c[nH]c3=O)cc2)[C@H]1c1ccccc1.CC1(C)OC(=O)N(c2ccc(-c3cc(-c4ncccn4)cnc3F)cc2)[C@H]1c1ccccc1. The molecule has 10 rings (SSSR count). The Hall–Kier alpha value is -8.39. The van der Waals surface area contributed by atoms with Gasteiger partial charge in [-0.25, -0.2) is 34.5 Å². The van der Waals surface area contributed by atoms with Crippen molar-refractivity contribution in [3.8, 4) is 45.0 Å². The first-order valence-electron chi connectivity index (χ1n) is 21.2. The summed E-state index contributed by atoms with van der Waals surface area (Å²) in [6.45, 7) is 7.62. The molecule has 2 amide bonds. The number of carbonyl (C=O) groups is 2. The predicted octanol–water partition coefficient (Wildman–Crippen LogP) is 10.8. The standard InChI is InChI=1S/C26H21FN4O2.C26H22N4O3/c1-26(2)22(18-7-4-3-5-8-18)31(25(32)33-26)20-11-9-17(10-12-20)21-15-19(16-30-23(21)27)24-28-13-6-14-29-24;1-26(2)22(18-7-4-3-5-8-18)30(25(32)33-26)20-11-9-17(10-12-20)21-15-19(16-29-24(21)31)23-27-13-6-14-28-23/h3-16,22H,1-2H3;3-16,22H,1-2H3,(H,29,31)/t2*22-/m00/s1. The van der Waals surface area contributed by atoms with Gasteiger partial charge in [0.25, 0.3) is 5.56 Å². The van der Waals surface area contributed by atoms with Crippen LogP contribution < -0.4 is 15.4 Å². The van der Waals surface area contributed by atoms with Gasteiger partial charge in [-0.2, -0.15) is 4.39 Å². The summed E-state index contributed by atoms with van der Waals surface area (Å²) in [5.74, 6) is 0.404. The number of H-pyrrole nitrogens is 1. The molecule has 0 bridgehead atoms. The Morgan fingerprint density at radius 2 is 0.939 bits per heavy atom. The highest BCUT2D eigenvalue weighted by atomic mass is 19.1. The lowest BCUT2D eigenvalue weighted by Gasteiger charge is -2.29. The third-order valence-electron chi connectivity index (χ3n) is 11.5. The zero-order valence-corrected chi connectivity index (χ0v) is 36.4. The van der Waals surface area contributed by atoms with Crippen LogP contribution in [-0.4, -0.2) is 53.3 Å². The normalized spacial score (nSPS) is 17.1. The van der Waals surface area contributed by atoms with Crippen molar-refractivity contribution in [2.75, 3.05) is 9.80 Å². The largest absolute Gasteiger partial charge is 0.441 e. The first-order valence-corrected chi connectivity index (χ1v) is 21.2. The molecule has 0 spiro atoms. The van der Waals surface area contributed by atoms with E-state index in [2.05, 4.69) is 29.9 Å². The summed E-state index contributed by atoms with van der Waals surface area (Å²) in [5, 5.41) is 0. The van der Waals surface area contributed by atoms with Crippen LogP contribution in [0, 0.1) is 5.95 Å². The summed E-state index contributed by atoms with van der Waals surface area (Å²) in [6, 6.07) is 40.4. The molecule has 328 valence electrons. The first kappa shape index (κ1) is 42.9. The lowest BCUT2D eigenvalue weighted by atomic mass is 9.91. The number of nitrogens with one attached hydrogen (secondary N) is 1. The second-order valence-electron chi connectivity index (χ2n) is 16.7. The third kappa shape index (κ3) is 8.51. The van der Waals surface area contributed by atoms with Gasteiger partial charge in [0, 0.05) is 70.8 Å². The predicted molar refractivity (Wildman–Crippen MR) is 249 cm³/mol. The fraction of sp³-hybridized carbons (Fsp3) is 0.154. The summed E-state index contributed by atoms with van der Waals surface area (Å²) < 4.78 is 26.0. The van der Waals surface area contributed by atoms with Gasteiger partial charge >= 0.3 is 12.2 Å². The molecule has 14 heteroatoms. The molecule has 6 heterocycles. The topological polar surface area (TPSA) is 156 Å². The lowest BCUT2D eigenvalue weighted by Crippen LogP contribution is -2.33. The minimum absolute atomic E-state index is 0.216. The van der Waals surface area contributed by atoms with Crippen LogP contribution in [0.15, 0.2) is 175 Å². The number of hydrogen-bond donors (Lipinski definition) is 1. The number of benzene rings is 4. The zero-order chi connectivity index (χ0) is 46.0. The Morgan fingerprint density at radius 3 is 1.41 bits per heavy atom. The quantitative estimate of drug-likeness (QED) is 0.146. The molecule has 2 fully saturated rings. The van der Waals surface area contributed by atoms with Crippen LogP contribution in [0.3, 0.4) is 0 Å². The van der Waals surface area contributed by atoms with E-state index in [1.54, 1.807) is 89.3 Å². The Bertz CT molecular complexity index is 3070. The lowest BCUT2D eigenvalue weighted by molar-refractivity contribution is 0.0676. The number of halogens is 1. The number of nitrogens with zero attached hydrogens (tertiary/aromatic N) is 7.